The third-order valence-corrected chi connectivity index (χ3v) is 3.70. The molecule has 13 radical (unpaired) electrons. The second-order valence-electron chi connectivity index (χ2n) is 4.91. The minimum atomic E-state index is 0. The van der Waals surface area contributed by atoms with Crippen LogP contribution in [0.2, 0.25) is 0 Å². The molecule has 2 fully saturated rings. The predicted octanol–water partition coefficient (Wildman–Crippen LogP) is 5.20. The quantitative estimate of drug-likeness (QED) is 0.407. The molecule has 0 atom stereocenters. The summed E-state index contributed by atoms with van der Waals surface area (Å²) in [5, 5.41) is 0. The van der Waals surface area contributed by atoms with Gasteiger partial charge in [0, 0.05) is 26.2 Å². The largest absolute Gasteiger partial charge is 0.694 e. The summed E-state index contributed by atoms with van der Waals surface area (Å²) in [4.78, 5) is 0. The Bertz CT molecular complexity index is 209. The van der Waals surface area contributed by atoms with Gasteiger partial charge in [-0.2, -0.15) is 0 Å². The second-order valence-corrected chi connectivity index (χ2v) is 4.91. The summed E-state index contributed by atoms with van der Waals surface area (Å²) in [5.74, 6) is 9.34. The van der Waals surface area contributed by atoms with Gasteiger partial charge in [0.15, 0.2) is 0 Å². The van der Waals surface area contributed by atoms with Gasteiger partial charge in [0.1, 0.15) is 0 Å². The van der Waals surface area contributed by atoms with E-state index in [0.29, 0.717) is 0 Å². The van der Waals surface area contributed by atoms with Crippen molar-refractivity contribution in [2.75, 3.05) is 0 Å². The summed E-state index contributed by atoms with van der Waals surface area (Å²) >= 11 is 0. The molecule has 0 aromatic heterocycles. The fraction of sp³-hybridized carbons (Fsp3) is 0.286. The molecule has 2 aliphatic carbocycles. The van der Waals surface area contributed by atoms with E-state index >= 15 is 0 Å². The Morgan fingerprint density at radius 1 is 0.545 bits per heavy atom. The van der Waals surface area contributed by atoms with Crippen LogP contribution >= 0.6 is 0 Å². The van der Waals surface area contributed by atoms with Gasteiger partial charge >= 0.3 is 0 Å². The molecule has 2 saturated carbocycles. The average molecular weight is 370 g/mol. The van der Waals surface area contributed by atoms with Crippen molar-refractivity contribution in [1.29, 1.82) is 0 Å². The van der Waals surface area contributed by atoms with Gasteiger partial charge in [0.25, 0.3) is 0 Å². The third kappa shape index (κ3) is 9.55. The zero-order valence-electron chi connectivity index (χ0n) is 14.6. The molecular weight excluding hydrogens is 343 g/mol. The first-order valence-electron chi connectivity index (χ1n) is 7.17. The summed E-state index contributed by atoms with van der Waals surface area (Å²) in [6.07, 6.45) is 22.0. The zero-order valence-corrected chi connectivity index (χ0v) is 17.1. The molecule has 1 heteroatoms. The molecule has 2 rings (SSSR count). The average Bonchev–Trinajstić information content (AvgIpc) is 2.58. The van der Waals surface area contributed by atoms with Crippen molar-refractivity contribution in [1.82, 2.24) is 0 Å². The SMILES string of the molecule is C[C]1[C](C)[C](C)[C](C)[C]1C.[C-]#CC.[CH]1[CH][CH][CH][CH][CH][CH][CH]1.[Zr]. The van der Waals surface area contributed by atoms with Crippen LogP contribution < -0.4 is 0 Å². The minimum Gasteiger partial charge on any atom is -0.694 e. The van der Waals surface area contributed by atoms with Gasteiger partial charge in [0.05, 0.1) is 0 Å². The molecule has 0 unspecified atom stereocenters. The molecule has 0 heterocycles. The van der Waals surface area contributed by atoms with Crippen LogP contribution in [0.25, 0.3) is 0 Å². The fourth-order valence-corrected chi connectivity index (χ4v) is 1.92. The van der Waals surface area contributed by atoms with Crippen molar-refractivity contribution in [3.63, 3.8) is 0 Å². The maximum atomic E-state index is 5.96. The second kappa shape index (κ2) is 15.0. The molecular formula is C21H26Zr-. The molecule has 0 saturated heterocycles. The van der Waals surface area contributed by atoms with Gasteiger partial charge in [-0.05, 0) is 87.9 Å². The Balaban J connectivity index is 0. The van der Waals surface area contributed by atoms with Crippen LogP contribution in [0.5, 0.6) is 0 Å². The van der Waals surface area contributed by atoms with Crippen LogP contribution in [0.4, 0.5) is 0 Å². The van der Waals surface area contributed by atoms with E-state index in [1.165, 1.54) is 29.6 Å². The molecule has 0 aromatic rings. The van der Waals surface area contributed by atoms with Crippen LogP contribution in [-0.4, -0.2) is 0 Å². The first kappa shape index (κ1) is 24.7. The zero-order chi connectivity index (χ0) is 16.3. The first-order chi connectivity index (χ1) is 9.97. The molecule has 115 valence electrons. The smallest absolute Gasteiger partial charge is 0 e. The summed E-state index contributed by atoms with van der Waals surface area (Å²) in [6, 6.07) is 0. The van der Waals surface area contributed by atoms with Crippen LogP contribution in [-0.2, 0) is 26.2 Å². The maximum Gasteiger partial charge on any atom is 0 e. The van der Waals surface area contributed by atoms with E-state index in [1.54, 1.807) is 6.92 Å². The third-order valence-electron chi connectivity index (χ3n) is 3.70. The molecule has 0 N–H and O–H groups in total. The van der Waals surface area contributed by atoms with E-state index in [0.717, 1.165) is 0 Å². The van der Waals surface area contributed by atoms with E-state index in [-0.39, 0.29) is 26.2 Å². The normalized spacial score (nSPS) is 22.0. The Hall–Kier alpha value is 0.443. The fourth-order valence-electron chi connectivity index (χ4n) is 1.92. The molecule has 0 nitrogen and oxygen atoms in total. The molecule has 2 aliphatic rings. The van der Waals surface area contributed by atoms with E-state index in [4.69, 9.17) is 6.42 Å². The number of rotatable bonds is 0. The molecule has 22 heavy (non-hydrogen) atoms. The van der Waals surface area contributed by atoms with Crippen LogP contribution in [0.15, 0.2) is 0 Å². The standard InChI is InChI=1S/C10H15.C8H8.C3H3.Zr/c1-6-7(2)9(4)10(5)8(6)3;1-2-4-6-8-7-5-3-1;1-3-2;/h1-5H3;1-8H;1H3;/q;;-1;. The predicted molar refractivity (Wildman–Crippen MR) is 91.8 cm³/mol. The summed E-state index contributed by atoms with van der Waals surface area (Å²) in [7, 11) is 0. The Kier molecular flexibility index (Phi) is 16.8. The van der Waals surface area contributed by atoms with Crippen molar-refractivity contribution in [2.24, 2.45) is 0 Å². The summed E-state index contributed by atoms with van der Waals surface area (Å²) in [5.41, 5.74) is 0. The van der Waals surface area contributed by atoms with Crippen LogP contribution in [0, 0.1) is 93.3 Å². The van der Waals surface area contributed by atoms with Crippen LogP contribution in [0.3, 0.4) is 0 Å². The van der Waals surface area contributed by atoms with Crippen molar-refractivity contribution < 1.29 is 26.2 Å². The van der Waals surface area contributed by atoms with E-state index in [9.17, 15) is 0 Å². The first-order valence-corrected chi connectivity index (χ1v) is 7.17. The van der Waals surface area contributed by atoms with Gasteiger partial charge < -0.3 is 12.3 Å². The monoisotopic (exact) mass is 368 g/mol. The Labute approximate surface area is 160 Å². The minimum absolute atomic E-state index is 0. The van der Waals surface area contributed by atoms with Gasteiger partial charge in [-0.15, -0.1) is 0 Å². The van der Waals surface area contributed by atoms with E-state index in [2.05, 4.69) is 34.6 Å². The van der Waals surface area contributed by atoms with E-state index in [1.807, 2.05) is 57.3 Å². The summed E-state index contributed by atoms with van der Waals surface area (Å²) < 4.78 is 0. The maximum absolute atomic E-state index is 5.96. The molecule has 0 aliphatic heterocycles. The van der Waals surface area contributed by atoms with Gasteiger partial charge in [-0.25, -0.2) is 0 Å². The van der Waals surface area contributed by atoms with Crippen molar-refractivity contribution >= 4 is 0 Å². The summed E-state index contributed by atoms with van der Waals surface area (Å²) in [6.45, 7) is 12.5. The van der Waals surface area contributed by atoms with Gasteiger partial charge in [0.2, 0.25) is 0 Å². The van der Waals surface area contributed by atoms with Crippen LogP contribution in [0.1, 0.15) is 41.5 Å². The molecule has 0 amide bonds. The van der Waals surface area contributed by atoms with Crippen molar-refractivity contribution in [3.05, 3.63) is 87.4 Å². The number of hydrogen-bond acceptors (Lipinski definition) is 0. The van der Waals surface area contributed by atoms with Crippen molar-refractivity contribution in [3.8, 4) is 5.92 Å². The topological polar surface area (TPSA) is 0 Å². The number of hydrogen-bond donors (Lipinski definition) is 0. The Morgan fingerprint density at radius 3 is 0.727 bits per heavy atom. The Morgan fingerprint density at radius 2 is 0.636 bits per heavy atom. The van der Waals surface area contributed by atoms with E-state index < -0.39 is 0 Å². The molecule has 0 bridgehead atoms. The molecule has 0 aromatic carbocycles. The van der Waals surface area contributed by atoms with Gasteiger partial charge in [-0.3, -0.25) is 0 Å². The van der Waals surface area contributed by atoms with Crippen molar-refractivity contribution in [2.45, 2.75) is 41.5 Å². The van der Waals surface area contributed by atoms with Gasteiger partial charge in [-0.1, -0.05) is 34.6 Å². The molecule has 0 spiro atoms.